The average Bonchev–Trinajstić information content (AvgIpc) is 3.19. The summed E-state index contributed by atoms with van der Waals surface area (Å²) in [6.07, 6.45) is 4.25. The zero-order chi connectivity index (χ0) is 17.4. The fourth-order valence-corrected chi connectivity index (χ4v) is 3.69. The summed E-state index contributed by atoms with van der Waals surface area (Å²) >= 11 is 0. The van der Waals surface area contributed by atoms with Crippen LogP contribution in [0.3, 0.4) is 0 Å². The van der Waals surface area contributed by atoms with Crippen molar-refractivity contribution in [1.29, 1.82) is 0 Å². The summed E-state index contributed by atoms with van der Waals surface area (Å²) in [5.74, 6) is 1.54. The zero-order valence-corrected chi connectivity index (χ0v) is 14.5. The number of likely N-dealkylation sites (tertiary alicyclic amines) is 1. The predicted molar refractivity (Wildman–Crippen MR) is 94.3 cm³/mol. The van der Waals surface area contributed by atoms with Gasteiger partial charge in [0.05, 0.1) is 6.10 Å². The number of oxazole rings is 1. The summed E-state index contributed by atoms with van der Waals surface area (Å²) in [5, 5.41) is 9.72. The number of aliphatic hydroxyl groups excluding tert-OH is 1. The molecule has 5 nitrogen and oxygen atoms in total. The molecule has 1 saturated heterocycles. The average molecular weight is 340 g/mol. The summed E-state index contributed by atoms with van der Waals surface area (Å²) in [5.41, 5.74) is 1.37. The van der Waals surface area contributed by atoms with Crippen molar-refractivity contribution < 1.29 is 14.3 Å². The van der Waals surface area contributed by atoms with E-state index in [1.807, 2.05) is 35.2 Å². The maximum absolute atomic E-state index is 13.2. The lowest BCUT2D eigenvalue weighted by Gasteiger charge is -2.25. The van der Waals surface area contributed by atoms with Crippen molar-refractivity contribution in [2.75, 3.05) is 6.54 Å². The van der Waals surface area contributed by atoms with Gasteiger partial charge in [0.15, 0.2) is 5.69 Å². The normalized spacial score (nSPS) is 21.5. The number of rotatable bonds is 5. The van der Waals surface area contributed by atoms with Crippen LogP contribution in [0.1, 0.15) is 61.2 Å². The third-order valence-electron chi connectivity index (χ3n) is 5.08. The summed E-state index contributed by atoms with van der Waals surface area (Å²) < 4.78 is 6.01. The van der Waals surface area contributed by atoms with Gasteiger partial charge in [-0.3, -0.25) is 4.79 Å². The molecule has 2 unspecified atom stereocenters. The Kier molecular flexibility index (Phi) is 4.34. The first kappa shape index (κ1) is 16.3. The van der Waals surface area contributed by atoms with Gasteiger partial charge in [0.2, 0.25) is 5.89 Å². The van der Waals surface area contributed by atoms with Gasteiger partial charge >= 0.3 is 0 Å². The Hall–Kier alpha value is -2.14. The molecule has 25 heavy (non-hydrogen) atoms. The monoisotopic (exact) mass is 340 g/mol. The van der Waals surface area contributed by atoms with E-state index in [2.05, 4.69) is 4.98 Å². The number of aromatic nitrogens is 1. The minimum absolute atomic E-state index is 0.0454. The van der Waals surface area contributed by atoms with Gasteiger partial charge in [-0.2, -0.15) is 0 Å². The highest BCUT2D eigenvalue weighted by Gasteiger charge is 2.38. The number of carbonyl (C=O) groups is 1. The maximum atomic E-state index is 13.2. The molecule has 0 spiro atoms. The van der Waals surface area contributed by atoms with E-state index in [1.165, 1.54) is 0 Å². The van der Waals surface area contributed by atoms with Gasteiger partial charge in [-0.15, -0.1) is 0 Å². The third-order valence-corrected chi connectivity index (χ3v) is 5.08. The van der Waals surface area contributed by atoms with E-state index in [9.17, 15) is 9.90 Å². The molecule has 132 valence electrons. The van der Waals surface area contributed by atoms with Crippen molar-refractivity contribution in [2.24, 2.45) is 0 Å². The molecule has 5 heteroatoms. The minimum Gasteiger partial charge on any atom is -0.440 e. The van der Waals surface area contributed by atoms with Crippen LogP contribution in [0, 0.1) is 0 Å². The van der Waals surface area contributed by atoms with Crippen molar-refractivity contribution >= 4 is 5.91 Å². The molecule has 0 bridgehead atoms. The Morgan fingerprint density at radius 2 is 2.08 bits per heavy atom. The Labute approximate surface area is 147 Å². The minimum atomic E-state index is -0.404. The molecule has 1 N–H and O–H groups in total. The molecule has 2 aliphatic rings. The van der Waals surface area contributed by atoms with Crippen molar-refractivity contribution in [3.63, 3.8) is 0 Å². The van der Waals surface area contributed by atoms with E-state index in [0.29, 0.717) is 23.9 Å². The van der Waals surface area contributed by atoms with E-state index < -0.39 is 6.10 Å². The molecule has 2 aromatic rings. The first-order valence-corrected chi connectivity index (χ1v) is 9.18. The lowest BCUT2D eigenvalue weighted by Crippen LogP contribution is -2.37. The van der Waals surface area contributed by atoms with E-state index >= 15 is 0 Å². The van der Waals surface area contributed by atoms with Crippen LogP contribution in [-0.4, -0.2) is 39.6 Å². The van der Waals surface area contributed by atoms with Crippen LogP contribution >= 0.6 is 0 Å². The predicted octanol–water partition coefficient (Wildman–Crippen LogP) is 3.59. The third kappa shape index (κ3) is 3.33. The van der Waals surface area contributed by atoms with Crippen LogP contribution in [0.15, 0.2) is 34.7 Å². The summed E-state index contributed by atoms with van der Waals surface area (Å²) in [6, 6.07) is 9.82. The summed E-state index contributed by atoms with van der Waals surface area (Å²) in [6.45, 7) is 2.51. The molecule has 1 aromatic carbocycles. The highest BCUT2D eigenvalue weighted by molar-refractivity contribution is 5.94. The second-order valence-electron chi connectivity index (χ2n) is 7.25. The van der Waals surface area contributed by atoms with E-state index in [0.717, 1.165) is 43.6 Å². The standard InChI is InChI=1S/C20H24N2O3/c1-13(23)12-16-8-5-11-22(16)20(24)17-18(14-9-10-14)25-19(21-17)15-6-3-2-4-7-15/h2-4,6-7,13-14,16,23H,5,8-12H2,1H3. The van der Waals surface area contributed by atoms with E-state index in [1.54, 1.807) is 6.92 Å². The maximum Gasteiger partial charge on any atom is 0.276 e. The van der Waals surface area contributed by atoms with Crippen LogP contribution < -0.4 is 0 Å². The fraction of sp³-hybridized carbons (Fsp3) is 0.500. The molecule has 2 atom stereocenters. The first-order valence-electron chi connectivity index (χ1n) is 9.18. The molecule has 1 aliphatic carbocycles. The molecule has 4 rings (SSSR count). The van der Waals surface area contributed by atoms with Crippen molar-refractivity contribution in [3.8, 4) is 11.5 Å². The van der Waals surface area contributed by atoms with Crippen LogP contribution in [0.25, 0.3) is 11.5 Å². The molecule has 1 aromatic heterocycles. The second kappa shape index (κ2) is 6.64. The van der Waals surface area contributed by atoms with Gasteiger partial charge in [0.1, 0.15) is 5.76 Å². The smallest absolute Gasteiger partial charge is 0.276 e. The van der Waals surface area contributed by atoms with E-state index in [-0.39, 0.29) is 11.9 Å². The molecule has 2 fully saturated rings. The molecule has 0 radical (unpaired) electrons. The Morgan fingerprint density at radius 3 is 2.76 bits per heavy atom. The first-order chi connectivity index (χ1) is 12.1. The van der Waals surface area contributed by atoms with Crippen LogP contribution in [0.5, 0.6) is 0 Å². The van der Waals surface area contributed by atoms with Gasteiger partial charge in [0, 0.05) is 24.1 Å². The molecular formula is C20H24N2O3. The van der Waals surface area contributed by atoms with Crippen LogP contribution in [0.2, 0.25) is 0 Å². The van der Waals surface area contributed by atoms with Gasteiger partial charge < -0.3 is 14.4 Å². The van der Waals surface area contributed by atoms with Crippen LogP contribution in [-0.2, 0) is 0 Å². The number of carbonyl (C=O) groups excluding carboxylic acids is 1. The molecule has 2 heterocycles. The van der Waals surface area contributed by atoms with Crippen molar-refractivity contribution in [1.82, 2.24) is 9.88 Å². The highest BCUT2D eigenvalue weighted by Crippen LogP contribution is 2.43. The zero-order valence-electron chi connectivity index (χ0n) is 14.5. The highest BCUT2D eigenvalue weighted by atomic mass is 16.4. The number of hydrogen-bond acceptors (Lipinski definition) is 4. The Balaban J connectivity index is 1.65. The number of amides is 1. The SMILES string of the molecule is CC(O)CC1CCCN1C(=O)c1nc(-c2ccccc2)oc1C1CC1. The van der Waals surface area contributed by atoms with Gasteiger partial charge in [0.25, 0.3) is 5.91 Å². The Morgan fingerprint density at radius 1 is 1.32 bits per heavy atom. The largest absolute Gasteiger partial charge is 0.440 e. The molecular weight excluding hydrogens is 316 g/mol. The molecule has 1 saturated carbocycles. The number of hydrogen-bond donors (Lipinski definition) is 1. The Bertz CT molecular complexity index is 750. The van der Waals surface area contributed by atoms with Gasteiger partial charge in [-0.25, -0.2) is 4.98 Å². The lowest BCUT2D eigenvalue weighted by molar-refractivity contribution is 0.0674. The topological polar surface area (TPSA) is 66.6 Å². The number of nitrogens with zero attached hydrogens (tertiary/aromatic N) is 2. The summed E-state index contributed by atoms with van der Waals surface area (Å²) in [7, 11) is 0. The lowest BCUT2D eigenvalue weighted by atomic mass is 10.1. The van der Waals surface area contributed by atoms with Crippen molar-refractivity contribution in [3.05, 3.63) is 41.8 Å². The summed E-state index contributed by atoms with van der Waals surface area (Å²) in [4.78, 5) is 19.6. The number of aliphatic hydroxyl groups is 1. The second-order valence-corrected chi connectivity index (χ2v) is 7.25. The quantitative estimate of drug-likeness (QED) is 0.903. The molecule has 1 aliphatic heterocycles. The van der Waals surface area contributed by atoms with E-state index in [4.69, 9.17) is 4.42 Å². The van der Waals surface area contributed by atoms with Crippen LogP contribution in [0.4, 0.5) is 0 Å². The number of benzene rings is 1. The van der Waals surface area contributed by atoms with Gasteiger partial charge in [-0.1, -0.05) is 18.2 Å². The van der Waals surface area contributed by atoms with Crippen molar-refractivity contribution in [2.45, 2.75) is 57.1 Å². The van der Waals surface area contributed by atoms with Gasteiger partial charge in [-0.05, 0) is 51.2 Å². The molecule has 1 amide bonds. The fourth-order valence-electron chi connectivity index (χ4n) is 3.69.